The highest BCUT2D eigenvalue weighted by Gasteiger charge is 2.08. The molecule has 176 valence electrons. The van der Waals surface area contributed by atoms with Gasteiger partial charge >= 0.3 is 0 Å². The second-order valence-corrected chi connectivity index (χ2v) is 7.64. The highest BCUT2D eigenvalue weighted by Crippen LogP contribution is 2.24. The van der Waals surface area contributed by atoms with Crippen LogP contribution in [-0.2, 0) is 11.2 Å². The van der Waals surface area contributed by atoms with E-state index in [9.17, 15) is 9.90 Å². The van der Waals surface area contributed by atoms with Crippen molar-refractivity contribution in [3.8, 4) is 11.5 Å². The lowest BCUT2D eigenvalue weighted by Gasteiger charge is -2.14. The summed E-state index contributed by atoms with van der Waals surface area (Å²) in [6.07, 6.45) is 6.29. The van der Waals surface area contributed by atoms with E-state index >= 15 is 0 Å². The number of unbranched alkanes of at least 4 members (excludes halogenated alkanes) is 1. The third-order valence-electron chi connectivity index (χ3n) is 5.31. The van der Waals surface area contributed by atoms with Gasteiger partial charge in [0.05, 0.1) is 12.8 Å². The number of carbonyl (C=O) groups is 1. The highest BCUT2D eigenvalue weighted by molar-refractivity contribution is 5.92. The van der Waals surface area contributed by atoms with Gasteiger partial charge in [0.2, 0.25) is 5.91 Å². The maximum absolute atomic E-state index is 12.2. The van der Waals surface area contributed by atoms with Crippen molar-refractivity contribution in [3.63, 3.8) is 0 Å². The van der Waals surface area contributed by atoms with Crippen LogP contribution >= 0.6 is 12.4 Å². The molecule has 0 aliphatic rings. The molecule has 0 radical (unpaired) electrons. The summed E-state index contributed by atoms with van der Waals surface area (Å²) in [7, 11) is 1.60. The van der Waals surface area contributed by atoms with E-state index in [0.717, 1.165) is 43.1 Å². The van der Waals surface area contributed by atoms with Crippen molar-refractivity contribution in [2.75, 3.05) is 19.0 Å². The molecule has 1 atom stereocenters. The van der Waals surface area contributed by atoms with Crippen LogP contribution in [0.2, 0.25) is 0 Å². The predicted molar refractivity (Wildman–Crippen MR) is 132 cm³/mol. The zero-order valence-corrected chi connectivity index (χ0v) is 19.4. The first kappa shape index (κ1) is 27.3. The lowest BCUT2D eigenvalue weighted by Crippen LogP contribution is -2.28. The zero-order valence-electron chi connectivity index (χ0n) is 18.6. The summed E-state index contributed by atoms with van der Waals surface area (Å²) in [5.74, 6) is 0.983. The van der Waals surface area contributed by atoms with Crippen LogP contribution in [0.25, 0.3) is 10.9 Å². The SMILES string of the molecule is COc1ccccc1NC(=O)CCCCC(C)NCCc1c[nH]c2ccc(O)cc12.Cl.O. The maximum Gasteiger partial charge on any atom is 0.224 e. The van der Waals surface area contributed by atoms with Crippen LogP contribution in [-0.4, -0.2) is 41.2 Å². The van der Waals surface area contributed by atoms with E-state index in [1.54, 1.807) is 19.2 Å². The third kappa shape index (κ3) is 7.75. The Morgan fingerprint density at radius 1 is 1.19 bits per heavy atom. The summed E-state index contributed by atoms with van der Waals surface area (Å²) >= 11 is 0. The zero-order chi connectivity index (χ0) is 21.3. The lowest BCUT2D eigenvalue weighted by molar-refractivity contribution is -0.116. The number of halogens is 1. The maximum atomic E-state index is 12.2. The Balaban J connectivity index is 0.00000256. The van der Waals surface area contributed by atoms with Gasteiger partial charge in [-0.15, -0.1) is 12.4 Å². The van der Waals surface area contributed by atoms with E-state index in [1.807, 2.05) is 36.5 Å². The first-order valence-electron chi connectivity index (χ1n) is 10.5. The number of aromatic nitrogens is 1. The minimum Gasteiger partial charge on any atom is -0.508 e. The van der Waals surface area contributed by atoms with Crippen LogP contribution in [0.4, 0.5) is 5.69 Å². The summed E-state index contributed by atoms with van der Waals surface area (Å²) in [5.41, 5.74) is 2.96. The number of amides is 1. The fourth-order valence-corrected chi connectivity index (χ4v) is 3.63. The van der Waals surface area contributed by atoms with Gasteiger partial charge in [0.15, 0.2) is 0 Å². The number of hydrogen-bond donors (Lipinski definition) is 4. The highest BCUT2D eigenvalue weighted by atomic mass is 35.5. The number of fused-ring (bicyclic) bond motifs is 1. The molecule has 1 heterocycles. The smallest absolute Gasteiger partial charge is 0.224 e. The average Bonchev–Trinajstić information content (AvgIpc) is 3.13. The Morgan fingerprint density at radius 2 is 1.97 bits per heavy atom. The number of para-hydroxylation sites is 2. The number of carbonyl (C=O) groups excluding carboxylic acids is 1. The minimum absolute atomic E-state index is 0. The van der Waals surface area contributed by atoms with E-state index < -0.39 is 0 Å². The molecule has 3 rings (SSSR count). The van der Waals surface area contributed by atoms with Gasteiger partial charge in [0.1, 0.15) is 11.5 Å². The molecule has 3 aromatic rings. The van der Waals surface area contributed by atoms with Crippen molar-refractivity contribution in [1.82, 2.24) is 10.3 Å². The first-order valence-corrected chi connectivity index (χ1v) is 10.5. The summed E-state index contributed by atoms with van der Waals surface area (Å²) in [4.78, 5) is 15.4. The van der Waals surface area contributed by atoms with Gasteiger partial charge in [0, 0.05) is 29.6 Å². The van der Waals surface area contributed by atoms with Gasteiger partial charge in [-0.2, -0.15) is 0 Å². The molecule has 8 heteroatoms. The predicted octanol–water partition coefficient (Wildman–Crippen LogP) is 4.20. The molecule has 1 amide bonds. The van der Waals surface area contributed by atoms with Crippen molar-refractivity contribution in [2.45, 2.75) is 45.1 Å². The van der Waals surface area contributed by atoms with Gasteiger partial charge in [-0.1, -0.05) is 18.6 Å². The molecule has 1 unspecified atom stereocenters. The normalized spacial score (nSPS) is 11.3. The number of anilines is 1. The van der Waals surface area contributed by atoms with Crippen LogP contribution in [0.1, 0.15) is 38.2 Å². The number of phenolic OH excluding ortho intramolecular Hbond substituents is 1. The number of ether oxygens (including phenoxy) is 1. The Morgan fingerprint density at radius 3 is 2.75 bits per heavy atom. The molecule has 6 N–H and O–H groups in total. The van der Waals surface area contributed by atoms with Gasteiger partial charge in [-0.3, -0.25) is 4.79 Å². The number of methoxy groups -OCH3 is 1. The molecular formula is C24H34ClN3O4. The van der Waals surface area contributed by atoms with Crippen LogP contribution in [0.15, 0.2) is 48.7 Å². The second-order valence-electron chi connectivity index (χ2n) is 7.64. The largest absolute Gasteiger partial charge is 0.508 e. The van der Waals surface area contributed by atoms with Crippen molar-refractivity contribution in [2.24, 2.45) is 0 Å². The molecule has 32 heavy (non-hydrogen) atoms. The van der Waals surface area contributed by atoms with Crippen molar-refractivity contribution >= 4 is 34.9 Å². The summed E-state index contributed by atoms with van der Waals surface area (Å²) < 4.78 is 5.26. The van der Waals surface area contributed by atoms with Crippen molar-refractivity contribution < 1.29 is 20.1 Å². The number of H-pyrrole nitrogens is 1. The lowest BCUT2D eigenvalue weighted by atomic mass is 10.1. The van der Waals surface area contributed by atoms with Crippen LogP contribution in [0, 0.1) is 0 Å². The minimum atomic E-state index is 0. The van der Waals surface area contributed by atoms with Crippen LogP contribution < -0.4 is 15.4 Å². The van der Waals surface area contributed by atoms with Crippen LogP contribution in [0.5, 0.6) is 11.5 Å². The monoisotopic (exact) mass is 463 g/mol. The third-order valence-corrected chi connectivity index (χ3v) is 5.31. The van der Waals surface area contributed by atoms with Crippen molar-refractivity contribution in [3.05, 3.63) is 54.2 Å². The van der Waals surface area contributed by atoms with Crippen molar-refractivity contribution in [1.29, 1.82) is 0 Å². The number of benzene rings is 2. The molecule has 7 nitrogen and oxygen atoms in total. The molecule has 1 aromatic heterocycles. The molecule has 0 bridgehead atoms. The summed E-state index contributed by atoms with van der Waals surface area (Å²) in [6, 6.07) is 13.2. The standard InChI is InChI=1S/C24H31N3O3.ClH.H2O/c1-17(25-14-13-18-16-26-21-12-11-19(28)15-20(18)21)7-3-6-10-24(29)27-22-8-4-5-9-23(22)30-2;;/h4-5,8-9,11-12,15-17,25-26,28H,3,6-7,10,13-14H2,1-2H3,(H,27,29);1H;1H2. The van der Waals surface area contributed by atoms with Gasteiger partial charge in [-0.25, -0.2) is 0 Å². The molecule has 0 fully saturated rings. The number of aromatic amines is 1. The van der Waals surface area contributed by atoms with Crippen LogP contribution in [0.3, 0.4) is 0 Å². The second kappa shape index (κ2) is 13.6. The number of nitrogens with one attached hydrogen (secondary N) is 3. The Hall–Kier alpha value is -2.74. The van der Waals surface area contributed by atoms with E-state index in [0.29, 0.717) is 29.6 Å². The molecular weight excluding hydrogens is 430 g/mol. The molecule has 0 saturated heterocycles. The molecule has 0 aliphatic heterocycles. The first-order chi connectivity index (χ1) is 14.6. The quantitative estimate of drug-likeness (QED) is 0.319. The molecule has 0 aliphatic carbocycles. The fourth-order valence-electron chi connectivity index (χ4n) is 3.63. The Bertz CT molecular complexity index is 977. The average molecular weight is 464 g/mol. The Labute approximate surface area is 195 Å². The van der Waals surface area contributed by atoms with E-state index in [1.165, 1.54) is 5.56 Å². The van der Waals surface area contributed by atoms with Gasteiger partial charge < -0.3 is 30.9 Å². The fraction of sp³-hybridized carbons (Fsp3) is 0.375. The number of aromatic hydroxyl groups is 1. The van der Waals surface area contributed by atoms with Gasteiger partial charge in [-0.05, 0) is 68.6 Å². The van der Waals surface area contributed by atoms with E-state index in [2.05, 4.69) is 22.5 Å². The number of phenols is 1. The molecule has 2 aromatic carbocycles. The summed E-state index contributed by atoms with van der Waals surface area (Å²) in [5, 5.41) is 17.2. The number of hydrogen-bond acceptors (Lipinski definition) is 4. The number of rotatable bonds is 11. The van der Waals surface area contributed by atoms with E-state index in [4.69, 9.17) is 4.74 Å². The topological polar surface area (TPSA) is 118 Å². The summed E-state index contributed by atoms with van der Waals surface area (Å²) in [6.45, 7) is 3.05. The molecule has 0 saturated carbocycles. The van der Waals surface area contributed by atoms with Gasteiger partial charge in [0.25, 0.3) is 0 Å². The molecule has 0 spiro atoms. The van der Waals surface area contributed by atoms with E-state index in [-0.39, 0.29) is 23.8 Å². The Kier molecular flexibility index (Phi) is 11.6.